The average Bonchev–Trinajstić information content (AvgIpc) is 2.26. The van der Waals surface area contributed by atoms with Crippen molar-refractivity contribution in [1.29, 1.82) is 0 Å². The highest BCUT2D eigenvalue weighted by Crippen LogP contribution is 2.29. The topological polar surface area (TPSA) is 26.3 Å². The zero-order valence-corrected chi connectivity index (χ0v) is 10.5. The number of carbonyl (C=O) groups excluding carboxylic acids is 1. The number of hydrogen-bond donors (Lipinski definition) is 0. The monoisotopic (exact) mass is 220 g/mol. The summed E-state index contributed by atoms with van der Waals surface area (Å²) in [5.41, 5.74) is 3.66. The lowest BCUT2D eigenvalue weighted by Gasteiger charge is -2.15. The van der Waals surface area contributed by atoms with Crippen molar-refractivity contribution < 1.29 is 9.53 Å². The van der Waals surface area contributed by atoms with Gasteiger partial charge >= 0.3 is 0 Å². The molecular formula is C14H20O2. The van der Waals surface area contributed by atoms with Gasteiger partial charge in [0.25, 0.3) is 0 Å². The fourth-order valence-electron chi connectivity index (χ4n) is 1.86. The van der Waals surface area contributed by atoms with E-state index in [9.17, 15) is 4.79 Å². The zero-order chi connectivity index (χ0) is 12.1. The predicted octanol–water partition coefficient (Wildman–Crippen LogP) is 3.26. The predicted molar refractivity (Wildman–Crippen MR) is 66.2 cm³/mol. The zero-order valence-electron chi connectivity index (χ0n) is 10.5. The van der Waals surface area contributed by atoms with E-state index in [-0.39, 0.29) is 0 Å². The summed E-state index contributed by atoms with van der Waals surface area (Å²) in [5.74, 6) is 1.38. The van der Waals surface area contributed by atoms with Crippen molar-refractivity contribution in [3.8, 4) is 5.75 Å². The Hall–Kier alpha value is -1.31. The molecule has 88 valence electrons. The Kier molecular flexibility index (Phi) is 4.53. The van der Waals surface area contributed by atoms with Crippen LogP contribution in [0.5, 0.6) is 5.75 Å². The minimum Gasteiger partial charge on any atom is -0.496 e. The highest BCUT2D eigenvalue weighted by Gasteiger charge is 2.10. The highest BCUT2D eigenvalue weighted by molar-refractivity contribution is 5.51. The van der Waals surface area contributed by atoms with Crippen LogP contribution in [0, 0.1) is 6.92 Å². The van der Waals surface area contributed by atoms with E-state index < -0.39 is 0 Å². The summed E-state index contributed by atoms with van der Waals surface area (Å²) in [6, 6.07) is 4.23. The molecule has 16 heavy (non-hydrogen) atoms. The van der Waals surface area contributed by atoms with Crippen LogP contribution >= 0.6 is 0 Å². The molecule has 0 saturated carbocycles. The second kappa shape index (κ2) is 5.69. The van der Waals surface area contributed by atoms with Crippen LogP contribution in [0.25, 0.3) is 0 Å². The quantitative estimate of drug-likeness (QED) is 0.712. The first kappa shape index (κ1) is 12.8. The molecule has 1 rings (SSSR count). The lowest BCUT2D eigenvalue weighted by molar-refractivity contribution is -0.107. The summed E-state index contributed by atoms with van der Waals surface area (Å²) in [4.78, 5) is 10.4. The van der Waals surface area contributed by atoms with Gasteiger partial charge < -0.3 is 9.53 Å². The first-order chi connectivity index (χ1) is 7.60. The number of hydrogen-bond acceptors (Lipinski definition) is 2. The number of aryl methyl sites for hydroxylation is 2. The maximum absolute atomic E-state index is 10.4. The fraction of sp³-hybridized carbons (Fsp3) is 0.500. The Bertz CT molecular complexity index is 367. The molecule has 0 heterocycles. The van der Waals surface area contributed by atoms with Gasteiger partial charge in [-0.25, -0.2) is 0 Å². The Morgan fingerprint density at radius 1 is 1.38 bits per heavy atom. The number of benzene rings is 1. The van der Waals surface area contributed by atoms with Gasteiger partial charge in [-0.1, -0.05) is 19.9 Å². The molecule has 0 spiro atoms. The first-order valence-electron chi connectivity index (χ1n) is 5.71. The van der Waals surface area contributed by atoms with E-state index in [1.165, 1.54) is 16.7 Å². The molecule has 0 fully saturated rings. The van der Waals surface area contributed by atoms with Crippen molar-refractivity contribution in [2.45, 2.75) is 39.5 Å². The molecule has 2 nitrogen and oxygen atoms in total. The molecular weight excluding hydrogens is 200 g/mol. The summed E-state index contributed by atoms with van der Waals surface area (Å²) in [7, 11) is 1.70. The van der Waals surface area contributed by atoms with Crippen molar-refractivity contribution in [1.82, 2.24) is 0 Å². The van der Waals surface area contributed by atoms with Gasteiger partial charge in [-0.3, -0.25) is 0 Å². The maximum atomic E-state index is 10.4. The van der Waals surface area contributed by atoms with E-state index in [4.69, 9.17) is 4.74 Å². The molecule has 0 radical (unpaired) electrons. The molecule has 2 heteroatoms. The lowest BCUT2D eigenvalue weighted by atomic mass is 9.94. The van der Waals surface area contributed by atoms with Gasteiger partial charge in [0.05, 0.1) is 7.11 Å². The van der Waals surface area contributed by atoms with Crippen LogP contribution < -0.4 is 4.74 Å². The van der Waals surface area contributed by atoms with Gasteiger partial charge in [0.15, 0.2) is 0 Å². The second-order valence-corrected chi connectivity index (χ2v) is 4.38. The van der Waals surface area contributed by atoms with Gasteiger partial charge in [-0.05, 0) is 42.0 Å². The van der Waals surface area contributed by atoms with Crippen molar-refractivity contribution >= 4 is 6.29 Å². The Labute approximate surface area is 97.6 Å². The van der Waals surface area contributed by atoms with E-state index in [1.54, 1.807) is 7.11 Å². The molecule has 0 saturated heterocycles. The summed E-state index contributed by atoms with van der Waals surface area (Å²) in [5, 5.41) is 0. The third-order valence-electron chi connectivity index (χ3n) is 2.84. The molecule has 0 aromatic heterocycles. The molecule has 0 aliphatic heterocycles. The second-order valence-electron chi connectivity index (χ2n) is 4.38. The largest absolute Gasteiger partial charge is 0.496 e. The van der Waals surface area contributed by atoms with Crippen LogP contribution in [-0.2, 0) is 11.2 Å². The Balaban J connectivity index is 3.11. The van der Waals surface area contributed by atoms with Crippen LogP contribution in [0.1, 0.15) is 42.9 Å². The van der Waals surface area contributed by atoms with Crippen molar-refractivity contribution in [3.05, 3.63) is 28.8 Å². The van der Waals surface area contributed by atoms with Crippen LogP contribution in [-0.4, -0.2) is 13.4 Å². The van der Waals surface area contributed by atoms with Crippen LogP contribution in [0.3, 0.4) is 0 Å². The van der Waals surface area contributed by atoms with Gasteiger partial charge in [0, 0.05) is 6.42 Å². The Morgan fingerprint density at radius 3 is 2.56 bits per heavy atom. The SMILES string of the molecule is COc1cc(C)c(CCC=O)cc1C(C)C. The molecule has 0 bridgehead atoms. The normalized spacial score (nSPS) is 10.6. The molecule has 0 atom stereocenters. The number of ether oxygens (including phenoxy) is 1. The fourth-order valence-corrected chi connectivity index (χ4v) is 1.86. The number of rotatable bonds is 5. The minimum atomic E-state index is 0.436. The van der Waals surface area contributed by atoms with Crippen LogP contribution in [0.2, 0.25) is 0 Å². The van der Waals surface area contributed by atoms with Crippen molar-refractivity contribution in [3.63, 3.8) is 0 Å². The van der Waals surface area contributed by atoms with Crippen molar-refractivity contribution in [2.75, 3.05) is 7.11 Å². The molecule has 0 amide bonds. The summed E-state index contributed by atoms with van der Waals surface area (Å²) < 4.78 is 5.38. The van der Waals surface area contributed by atoms with Gasteiger partial charge in [0.1, 0.15) is 12.0 Å². The van der Waals surface area contributed by atoms with Gasteiger partial charge in [0.2, 0.25) is 0 Å². The van der Waals surface area contributed by atoms with Crippen molar-refractivity contribution in [2.24, 2.45) is 0 Å². The summed E-state index contributed by atoms with van der Waals surface area (Å²) >= 11 is 0. The first-order valence-corrected chi connectivity index (χ1v) is 5.71. The van der Waals surface area contributed by atoms with Crippen LogP contribution in [0.4, 0.5) is 0 Å². The summed E-state index contributed by atoms with van der Waals surface area (Å²) in [6.45, 7) is 6.36. The smallest absolute Gasteiger partial charge is 0.122 e. The van der Waals surface area contributed by atoms with E-state index in [2.05, 4.69) is 32.9 Å². The molecule has 0 aliphatic carbocycles. The standard InChI is InChI=1S/C14H20O2/c1-10(2)13-9-12(6-5-7-15)11(3)8-14(13)16-4/h7-10H,5-6H2,1-4H3. The van der Waals surface area contributed by atoms with Crippen LogP contribution in [0.15, 0.2) is 12.1 Å². The molecule has 0 unspecified atom stereocenters. The van der Waals surface area contributed by atoms with Gasteiger partial charge in [-0.15, -0.1) is 0 Å². The Morgan fingerprint density at radius 2 is 2.06 bits per heavy atom. The average molecular weight is 220 g/mol. The molecule has 1 aromatic carbocycles. The molecule has 0 aliphatic rings. The number of carbonyl (C=O) groups is 1. The highest BCUT2D eigenvalue weighted by atomic mass is 16.5. The van der Waals surface area contributed by atoms with E-state index in [1.807, 2.05) is 0 Å². The molecule has 0 N–H and O–H groups in total. The lowest BCUT2D eigenvalue weighted by Crippen LogP contribution is -1.99. The third-order valence-corrected chi connectivity index (χ3v) is 2.84. The van der Waals surface area contributed by atoms with Gasteiger partial charge in [-0.2, -0.15) is 0 Å². The number of methoxy groups -OCH3 is 1. The van der Waals surface area contributed by atoms with E-state index in [0.29, 0.717) is 12.3 Å². The summed E-state index contributed by atoms with van der Waals surface area (Å²) in [6.07, 6.45) is 2.38. The maximum Gasteiger partial charge on any atom is 0.122 e. The molecule has 1 aromatic rings. The van der Waals surface area contributed by atoms with E-state index in [0.717, 1.165) is 18.5 Å². The minimum absolute atomic E-state index is 0.436. The number of aldehydes is 1. The third kappa shape index (κ3) is 2.84. The van der Waals surface area contributed by atoms with E-state index >= 15 is 0 Å².